The van der Waals surface area contributed by atoms with Crippen LogP contribution in [0.25, 0.3) is 0 Å². The zero-order valence-corrected chi connectivity index (χ0v) is 17.8. The lowest BCUT2D eigenvalue weighted by molar-refractivity contribution is 0.102. The second-order valence-electron chi connectivity index (χ2n) is 7.41. The van der Waals surface area contributed by atoms with Crippen molar-refractivity contribution in [3.63, 3.8) is 0 Å². The summed E-state index contributed by atoms with van der Waals surface area (Å²) in [6, 6.07) is 13.1. The predicted molar refractivity (Wildman–Crippen MR) is 118 cm³/mol. The summed E-state index contributed by atoms with van der Waals surface area (Å²) in [6.07, 6.45) is 1.52. The molecule has 2 aromatic carbocycles. The summed E-state index contributed by atoms with van der Waals surface area (Å²) < 4.78 is 13.0. The van der Waals surface area contributed by atoms with Crippen LogP contribution in [0.3, 0.4) is 0 Å². The van der Waals surface area contributed by atoms with E-state index in [9.17, 15) is 14.0 Å². The van der Waals surface area contributed by atoms with Crippen LogP contribution in [0.5, 0.6) is 0 Å². The summed E-state index contributed by atoms with van der Waals surface area (Å²) in [4.78, 5) is 26.7. The number of likely N-dealkylation sites (tertiary alicyclic amines) is 1. The minimum absolute atomic E-state index is 0.107. The number of aryl methyl sites for hydroxylation is 1. The quantitative estimate of drug-likeness (QED) is 0.620. The summed E-state index contributed by atoms with van der Waals surface area (Å²) in [5.74, 6) is -0.576. The van der Waals surface area contributed by atoms with Gasteiger partial charge in [-0.05, 0) is 55.7 Å². The molecule has 9 heteroatoms. The van der Waals surface area contributed by atoms with Crippen LogP contribution in [0, 0.1) is 12.7 Å². The fourth-order valence-corrected chi connectivity index (χ4v) is 4.35. The van der Waals surface area contributed by atoms with E-state index in [4.69, 9.17) is 0 Å². The molecule has 0 aliphatic carbocycles. The Kier molecular flexibility index (Phi) is 6.22. The number of rotatable bonds is 4. The van der Waals surface area contributed by atoms with Crippen molar-refractivity contribution in [1.29, 1.82) is 0 Å². The van der Waals surface area contributed by atoms with Gasteiger partial charge in [0, 0.05) is 30.4 Å². The van der Waals surface area contributed by atoms with Crippen LogP contribution < -0.4 is 10.6 Å². The van der Waals surface area contributed by atoms with Gasteiger partial charge >= 0.3 is 6.03 Å². The van der Waals surface area contributed by atoms with Gasteiger partial charge < -0.3 is 15.5 Å². The summed E-state index contributed by atoms with van der Waals surface area (Å²) in [6.45, 7) is 3.18. The molecule has 0 unspecified atom stereocenters. The van der Waals surface area contributed by atoms with E-state index < -0.39 is 0 Å². The first-order valence-electron chi connectivity index (χ1n) is 10.0. The number of anilines is 2. The van der Waals surface area contributed by atoms with Gasteiger partial charge in [0.25, 0.3) is 5.91 Å². The third-order valence-corrected chi connectivity index (χ3v) is 6.34. The van der Waals surface area contributed by atoms with Crippen molar-refractivity contribution in [3.05, 3.63) is 69.9 Å². The number of benzene rings is 2. The molecule has 0 radical (unpaired) electrons. The fraction of sp³-hybridized carbons (Fsp3) is 0.273. The number of amides is 3. The Balaban J connectivity index is 1.31. The molecule has 2 N–H and O–H groups in total. The van der Waals surface area contributed by atoms with Crippen LogP contribution in [-0.2, 0) is 0 Å². The van der Waals surface area contributed by atoms with Crippen molar-refractivity contribution in [3.8, 4) is 0 Å². The Bertz CT molecular complexity index is 1080. The van der Waals surface area contributed by atoms with Gasteiger partial charge in [-0.15, -0.1) is 10.2 Å². The molecular formula is C22H22FN5O2S. The number of nitrogens with one attached hydrogen (secondary N) is 2. The van der Waals surface area contributed by atoms with Crippen molar-refractivity contribution >= 4 is 34.6 Å². The molecular weight excluding hydrogens is 417 g/mol. The Labute approximate surface area is 183 Å². The van der Waals surface area contributed by atoms with Gasteiger partial charge in [0.15, 0.2) is 0 Å². The highest BCUT2D eigenvalue weighted by Crippen LogP contribution is 2.30. The molecule has 2 heterocycles. The number of piperidine rings is 1. The zero-order valence-electron chi connectivity index (χ0n) is 17.0. The Morgan fingerprint density at radius 3 is 2.45 bits per heavy atom. The van der Waals surface area contributed by atoms with Crippen LogP contribution >= 0.6 is 11.3 Å². The predicted octanol–water partition coefficient (Wildman–Crippen LogP) is 4.65. The van der Waals surface area contributed by atoms with E-state index in [2.05, 4.69) is 20.8 Å². The first kappa shape index (κ1) is 20.9. The van der Waals surface area contributed by atoms with Gasteiger partial charge in [-0.1, -0.05) is 29.5 Å². The molecule has 0 spiro atoms. The second kappa shape index (κ2) is 9.22. The van der Waals surface area contributed by atoms with E-state index in [-0.39, 0.29) is 28.7 Å². The molecule has 1 fully saturated rings. The van der Waals surface area contributed by atoms with Crippen LogP contribution in [0.4, 0.5) is 20.6 Å². The average Bonchev–Trinajstić information content (AvgIpc) is 3.27. The molecule has 4 rings (SSSR count). The highest BCUT2D eigenvalue weighted by atomic mass is 32.1. The number of halogens is 1. The highest BCUT2D eigenvalue weighted by Gasteiger charge is 2.27. The van der Waals surface area contributed by atoms with Gasteiger partial charge in [0.2, 0.25) is 5.01 Å². The molecule has 0 atom stereocenters. The van der Waals surface area contributed by atoms with E-state index >= 15 is 0 Å². The number of nitrogens with zero attached hydrogens (tertiary/aromatic N) is 3. The molecule has 1 saturated heterocycles. The maximum Gasteiger partial charge on any atom is 0.321 e. The topological polar surface area (TPSA) is 87.2 Å². The maximum atomic E-state index is 13.0. The van der Waals surface area contributed by atoms with Crippen molar-refractivity contribution in [2.45, 2.75) is 25.7 Å². The molecule has 3 amide bonds. The average molecular weight is 440 g/mol. The van der Waals surface area contributed by atoms with Crippen LogP contribution in [0.2, 0.25) is 0 Å². The lowest BCUT2D eigenvalue weighted by Crippen LogP contribution is -2.40. The van der Waals surface area contributed by atoms with Gasteiger partial charge in [-0.3, -0.25) is 4.79 Å². The summed E-state index contributed by atoms with van der Waals surface area (Å²) >= 11 is 1.26. The first-order valence-corrected chi connectivity index (χ1v) is 10.8. The van der Waals surface area contributed by atoms with E-state index in [1.165, 1.54) is 35.6 Å². The first-order chi connectivity index (χ1) is 15.0. The normalized spacial score (nSPS) is 14.3. The van der Waals surface area contributed by atoms with Gasteiger partial charge in [-0.2, -0.15) is 0 Å². The van der Waals surface area contributed by atoms with Crippen molar-refractivity contribution in [1.82, 2.24) is 15.1 Å². The molecule has 3 aromatic rings. The number of aromatic nitrogens is 2. The Morgan fingerprint density at radius 2 is 1.74 bits per heavy atom. The summed E-state index contributed by atoms with van der Waals surface area (Å²) in [5.41, 5.74) is 2.33. The van der Waals surface area contributed by atoms with E-state index in [1.54, 1.807) is 4.90 Å². The number of para-hydroxylation sites is 1. The lowest BCUT2D eigenvalue weighted by atomic mass is 9.98. The number of carbonyl (C=O) groups is 2. The smallest absolute Gasteiger partial charge is 0.321 e. The second-order valence-corrected chi connectivity index (χ2v) is 8.42. The van der Waals surface area contributed by atoms with Crippen LogP contribution in [0.15, 0.2) is 48.5 Å². The van der Waals surface area contributed by atoms with Gasteiger partial charge in [0.05, 0.1) is 0 Å². The number of urea groups is 1. The lowest BCUT2D eigenvalue weighted by Gasteiger charge is -2.31. The van der Waals surface area contributed by atoms with Gasteiger partial charge in [-0.25, -0.2) is 9.18 Å². The summed E-state index contributed by atoms with van der Waals surface area (Å²) in [7, 11) is 0. The monoisotopic (exact) mass is 439 g/mol. The van der Waals surface area contributed by atoms with Crippen molar-refractivity contribution in [2.24, 2.45) is 0 Å². The molecule has 160 valence electrons. The minimum Gasteiger partial charge on any atom is -0.324 e. The minimum atomic E-state index is -0.370. The van der Waals surface area contributed by atoms with Crippen LogP contribution in [0.1, 0.15) is 39.1 Å². The molecule has 31 heavy (non-hydrogen) atoms. The van der Waals surface area contributed by atoms with E-state index in [0.29, 0.717) is 18.8 Å². The standard InChI is InChI=1S/C22H22FN5O2S/c1-14-4-2-3-5-18(14)25-22(30)28-12-10-15(11-13-28)20-26-27-21(31-20)19(29)24-17-8-6-16(23)7-9-17/h2-9,15H,10-13H2,1H3,(H,24,29)(H,25,30). The Morgan fingerprint density at radius 1 is 1.03 bits per heavy atom. The largest absolute Gasteiger partial charge is 0.324 e. The van der Waals surface area contributed by atoms with E-state index in [0.717, 1.165) is 29.1 Å². The Hall–Kier alpha value is -3.33. The fourth-order valence-electron chi connectivity index (χ4n) is 3.45. The summed E-state index contributed by atoms with van der Waals surface area (Å²) in [5, 5.41) is 14.9. The van der Waals surface area contributed by atoms with Crippen LogP contribution in [-0.4, -0.2) is 40.1 Å². The molecule has 1 aliphatic rings. The number of hydrogen-bond acceptors (Lipinski definition) is 5. The molecule has 1 aromatic heterocycles. The SMILES string of the molecule is Cc1ccccc1NC(=O)N1CCC(c2nnc(C(=O)Nc3ccc(F)cc3)s2)CC1. The number of carbonyl (C=O) groups excluding carboxylic acids is 2. The van der Waals surface area contributed by atoms with Crippen molar-refractivity contribution < 1.29 is 14.0 Å². The third kappa shape index (κ3) is 5.05. The number of hydrogen-bond donors (Lipinski definition) is 2. The highest BCUT2D eigenvalue weighted by molar-refractivity contribution is 7.13. The molecule has 1 aliphatic heterocycles. The van der Waals surface area contributed by atoms with Crippen molar-refractivity contribution in [2.75, 3.05) is 23.7 Å². The molecule has 7 nitrogen and oxygen atoms in total. The zero-order chi connectivity index (χ0) is 21.8. The molecule has 0 bridgehead atoms. The maximum absolute atomic E-state index is 13.0. The van der Waals surface area contributed by atoms with Gasteiger partial charge in [0.1, 0.15) is 10.8 Å². The van der Waals surface area contributed by atoms with E-state index in [1.807, 2.05) is 31.2 Å². The third-order valence-electron chi connectivity index (χ3n) is 5.26. The molecule has 0 saturated carbocycles.